The Morgan fingerprint density at radius 2 is 1.94 bits per heavy atom. The lowest BCUT2D eigenvalue weighted by molar-refractivity contribution is -0.113. The number of aromatic nitrogens is 5. The lowest BCUT2D eigenvalue weighted by atomic mass is 10.3. The quantitative estimate of drug-likeness (QED) is 0.379. The molecule has 0 aliphatic heterocycles. The standard InChI is InChI=1S/C23H26N6O2S2/c1-5-11-28-21(17-12-15(2)32-13-17)25-26-23(28)33-14-19(30)24-20-16(3)27(4)29(22(20)31)18-9-7-6-8-10-18/h6-10,12-13H,5,11,14H2,1-4H3,(H,24,30). The first-order valence-corrected chi connectivity index (χ1v) is 12.5. The molecule has 0 bridgehead atoms. The van der Waals surface area contributed by atoms with Crippen LogP contribution in [-0.4, -0.2) is 35.8 Å². The van der Waals surface area contributed by atoms with Crippen molar-refractivity contribution in [1.82, 2.24) is 24.1 Å². The predicted octanol–water partition coefficient (Wildman–Crippen LogP) is 4.25. The highest BCUT2D eigenvalue weighted by atomic mass is 32.2. The monoisotopic (exact) mass is 482 g/mol. The van der Waals surface area contributed by atoms with E-state index in [1.807, 2.05) is 37.3 Å². The van der Waals surface area contributed by atoms with Crippen molar-refractivity contribution in [3.63, 3.8) is 0 Å². The highest BCUT2D eigenvalue weighted by Crippen LogP contribution is 2.28. The van der Waals surface area contributed by atoms with Gasteiger partial charge in [-0.3, -0.25) is 14.3 Å². The number of amides is 1. The molecule has 0 unspecified atom stereocenters. The number of hydrogen-bond donors (Lipinski definition) is 1. The molecule has 4 rings (SSSR count). The van der Waals surface area contributed by atoms with Crippen molar-refractivity contribution in [3.8, 4) is 17.1 Å². The van der Waals surface area contributed by atoms with Gasteiger partial charge in [-0.05, 0) is 38.5 Å². The van der Waals surface area contributed by atoms with E-state index < -0.39 is 0 Å². The fourth-order valence-electron chi connectivity index (χ4n) is 3.61. The number of anilines is 1. The molecule has 0 saturated heterocycles. The van der Waals surface area contributed by atoms with Gasteiger partial charge in [0, 0.05) is 29.4 Å². The van der Waals surface area contributed by atoms with Crippen molar-refractivity contribution in [2.75, 3.05) is 11.1 Å². The smallest absolute Gasteiger partial charge is 0.295 e. The van der Waals surface area contributed by atoms with Crippen molar-refractivity contribution in [2.24, 2.45) is 7.05 Å². The van der Waals surface area contributed by atoms with E-state index in [1.54, 1.807) is 27.7 Å². The zero-order valence-corrected chi connectivity index (χ0v) is 20.7. The number of benzene rings is 1. The fraction of sp³-hybridized carbons (Fsp3) is 0.304. The largest absolute Gasteiger partial charge is 0.319 e. The Labute approximate surface area is 200 Å². The number of para-hydroxylation sites is 1. The van der Waals surface area contributed by atoms with E-state index in [9.17, 15) is 9.59 Å². The van der Waals surface area contributed by atoms with Crippen LogP contribution >= 0.6 is 23.1 Å². The molecule has 0 aliphatic carbocycles. The molecule has 1 aromatic carbocycles. The van der Waals surface area contributed by atoms with E-state index >= 15 is 0 Å². The Balaban J connectivity index is 1.51. The summed E-state index contributed by atoms with van der Waals surface area (Å²) in [5.41, 5.74) is 2.50. The molecular formula is C23H26N6O2S2. The van der Waals surface area contributed by atoms with Crippen molar-refractivity contribution in [2.45, 2.75) is 38.9 Å². The number of nitrogens with zero attached hydrogens (tertiary/aromatic N) is 5. The minimum absolute atomic E-state index is 0.129. The molecule has 3 aromatic heterocycles. The number of carbonyl (C=O) groups is 1. The van der Waals surface area contributed by atoms with Gasteiger partial charge in [0.25, 0.3) is 5.56 Å². The van der Waals surface area contributed by atoms with Gasteiger partial charge < -0.3 is 9.88 Å². The SMILES string of the molecule is CCCn1c(SCC(=O)Nc2c(C)n(C)n(-c3ccccc3)c2=O)nnc1-c1csc(C)c1. The molecule has 0 spiro atoms. The summed E-state index contributed by atoms with van der Waals surface area (Å²) in [6.07, 6.45) is 0.927. The van der Waals surface area contributed by atoms with Crippen LogP contribution < -0.4 is 10.9 Å². The first-order valence-electron chi connectivity index (χ1n) is 10.7. The molecule has 0 atom stereocenters. The number of aryl methyl sites for hydroxylation is 1. The molecule has 0 radical (unpaired) electrons. The normalized spacial score (nSPS) is 11.2. The fourth-order valence-corrected chi connectivity index (χ4v) is 5.06. The molecule has 0 aliphatic rings. The zero-order valence-electron chi connectivity index (χ0n) is 19.0. The first-order chi connectivity index (χ1) is 15.9. The summed E-state index contributed by atoms with van der Waals surface area (Å²) >= 11 is 2.99. The second kappa shape index (κ2) is 9.80. The molecule has 0 saturated carbocycles. The van der Waals surface area contributed by atoms with Gasteiger partial charge in [-0.25, -0.2) is 4.68 Å². The minimum atomic E-state index is -0.260. The third-order valence-electron chi connectivity index (χ3n) is 5.30. The van der Waals surface area contributed by atoms with Crippen LogP contribution in [0.25, 0.3) is 17.1 Å². The van der Waals surface area contributed by atoms with Crippen LogP contribution in [0.3, 0.4) is 0 Å². The third-order valence-corrected chi connectivity index (χ3v) is 7.13. The Bertz CT molecular complexity index is 1330. The van der Waals surface area contributed by atoms with Crippen LogP contribution in [0.15, 0.2) is 51.7 Å². The molecular weight excluding hydrogens is 456 g/mol. The molecule has 10 heteroatoms. The average Bonchev–Trinajstić information content (AvgIpc) is 3.47. The lowest BCUT2D eigenvalue weighted by Gasteiger charge is -2.08. The Morgan fingerprint density at radius 3 is 2.61 bits per heavy atom. The highest BCUT2D eigenvalue weighted by Gasteiger charge is 2.20. The van der Waals surface area contributed by atoms with Gasteiger partial charge in [0.15, 0.2) is 11.0 Å². The van der Waals surface area contributed by atoms with E-state index in [4.69, 9.17) is 0 Å². The van der Waals surface area contributed by atoms with Gasteiger partial charge in [0.05, 0.1) is 17.1 Å². The number of rotatable bonds is 8. The van der Waals surface area contributed by atoms with Crippen LogP contribution in [0.4, 0.5) is 5.69 Å². The Kier molecular flexibility index (Phi) is 6.85. The Hall–Kier alpha value is -3.11. The van der Waals surface area contributed by atoms with Gasteiger partial charge >= 0.3 is 0 Å². The van der Waals surface area contributed by atoms with Crippen LogP contribution in [0, 0.1) is 13.8 Å². The Morgan fingerprint density at radius 1 is 1.18 bits per heavy atom. The second-order valence-corrected chi connectivity index (χ2v) is 9.74. The van der Waals surface area contributed by atoms with Gasteiger partial charge in [-0.15, -0.1) is 21.5 Å². The molecule has 172 valence electrons. The van der Waals surface area contributed by atoms with Crippen molar-refractivity contribution in [3.05, 3.63) is 62.7 Å². The molecule has 1 N–H and O–H groups in total. The van der Waals surface area contributed by atoms with Gasteiger partial charge in [0.2, 0.25) is 5.91 Å². The number of carbonyl (C=O) groups excluding carboxylic acids is 1. The third kappa shape index (κ3) is 4.67. The van der Waals surface area contributed by atoms with Crippen LogP contribution in [0.5, 0.6) is 0 Å². The molecule has 3 heterocycles. The van der Waals surface area contributed by atoms with Gasteiger partial charge in [0.1, 0.15) is 5.69 Å². The molecule has 33 heavy (non-hydrogen) atoms. The summed E-state index contributed by atoms with van der Waals surface area (Å²) in [6, 6.07) is 11.4. The van der Waals surface area contributed by atoms with Crippen molar-refractivity contribution in [1.29, 1.82) is 0 Å². The lowest BCUT2D eigenvalue weighted by Crippen LogP contribution is -2.23. The molecule has 1 amide bonds. The van der Waals surface area contributed by atoms with Crippen molar-refractivity contribution >= 4 is 34.7 Å². The predicted molar refractivity (Wildman–Crippen MR) is 133 cm³/mol. The maximum atomic E-state index is 13.0. The zero-order chi connectivity index (χ0) is 23.5. The van der Waals surface area contributed by atoms with E-state index in [0.717, 1.165) is 30.0 Å². The summed E-state index contributed by atoms with van der Waals surface area (Å²) in [6.45, 7) is 6.74. The topological polar surface area (TPSA) is 86.7 Å². The van der Waals surface area contributed by atoms with E-state index in [-0.39, 0.29) is 22.9 Å². The highest BCUT2D eigenvalue weighted by molar-refractivity contribution is 7.99. The minimum Gasteiger partial charge on any atom is -0.319 e. The van der Waals surface area contributed by atoms with Gasteiger partial charge in [-0.1, -0.05) is 36.9 Å². The molecule has 0 fully saturated rings. The van der Waals surface area contributed by atoms with E-state index in [0.29, 0.717) is 10.9 Å². The number of hydrogen-bond acceptors (Lipinski definition) is 6. The number of nitrogens with one attached hydrogen (secondary N) is 1. The summed E-state index contributed by atoms with van der Waals surface area (Å²) in [5.74, 6) is 0.683. The van der Waals surface area contributed by atoms with Crippen LogP contribution in [-0.2, 0) is 18.4 Å². The molecule has 4 aromatic rings. The second-order valence-electron chi connectivity index (χ2n) is 7.68. The van der Waals surface area contributed by atoms with Gasteiger partial charge in [-0.2, -0.15) is 0 Å². The van der Waals surface area contributed by atoms with E-state index in [1.165, 1.54) is 16.6 Å². The molecule has 8 nitrogen and oxygen atoms in total. The van der Waals surface area contributed by atoms with Crippen LogP contribution in [0.2, 0.25) is 0 Å². The first kappa shape index (κ1) is 23.1. The van der Waals surface area contributed by atoms with Crippen LogP contribution in [0.1, 0.15) is 23.9 Å². The maximum Gasteiger partial charge on any atom is 0.295 e. The van der Waals surface area contributed by atoms with Crippen molar-refractivity contribution < 1.29 is 4.79 Å². The summed E-state index contributed by atoms with van der Waals surface area (Å²) < 4.78 is 5.34. The summed E-state index contributed by atoms with van der Waals surface area (Å²) in [4.78, 5) is 27.0. The maximum absolute atomic E-state index is 13.0. The number of thioether (sulfide) groups is 1. The van der Waals surface area contributed by atoms with E-state index in [2.05, 4.69) is 45.4 Å². The summed E-state index contributed by atoms with van der Waals surface area (Å²) in [5, 5.41) is 14.3. The summed E-state index contributed by atoms with van der Waals surface area (Å²) in [7, 11) is 1.80. The average molecular weight is 483 g/mol. The number of thiophene rings is 1.